The summed E-state index contributed by atoms with van der Waals surface area (Å²) in [4.78, 5) is 48.3. The molecule has 0 radical (unpaired) electrons. The van der Waals surface area contributed by atoms with Crippen LogP contribution in [0.4, 0.5) is 0 Å². The van der Waals surface area contributed by atoms with E-state index in [1.807, 2.05) is 36.8 Å². The topological polar surface area (TPSA) is 107 Å². The molecule has 0 aliphatic carbocycles. The van der Waals surface area contributed by atoms with E-state index in [-0.39, 0.29) is 11.6 Å². The van der Waals surface area contributed by atoms with Gasteiger partial charge in [-0.2, -0.15) is 0 Å². The molecule has 2 aromatic carbocycles. The zero-order valence-corrected chi connectivity index (χ0v) is 34.7. The number of thioether (sulfide) groups is 2. The van der Waals surface area contributed by atoms with Crippen LogP contribution in [-0.4, -0.2) is 58.9 Å². The van der Waals surface area contributed by atoms with Gasteiger partial charge in [0.05, 0.1) is 0 Å². The minimum absolute atomic E-state index is 0.245. The fourth-order valence-corrected chi connectivity index (χ4v) is 3.52. The van der Waals surface area contributed by atoms with Gasteiger partial charge in [0.15, 0.2) is 18.0 Å². The second-order valence-electron chi connectivity index (χ2n) is 8.50. The minimum atomic E-state index is -1.32. The van der Waals surface area contributed by atoms with E-state index in [1.165, 1.54) is 34.6 Å². The van der Waals surface area contributed by atoms with E-state index in [1.54, 1.807) is 47.8 Å². The molecule has 0 saturated carbocycles. The van der Waals surface area contributed by atoms with Crippen molar-refractivity contribution in [2.45, 2.75) is 55.6 Å². The molecule has 0 amide bonds. The molecule has 40 heavy (non-hydrogen) atoms. The van der Waals surface area contributed by atoms with Crippen LogP contribution in [0.25, 0.3) is 0 Å². The molecule has 0 aromatic heterocycles. The molecule has 223 valence electrons. The average Bonchev–Trinajstić information content (AvgIpc) is 2.92. The van der Waals surface area contributed by atoms with E-state index in [4.69, 9.17) is 4.74 Å². The van der Waals surface area contributed by atoms with E-state index >= 15 is 0 Å². The fourth-order valence-electron chi connectivity index (χ4n) is 2.71. The summed E-state index contributed by atoms with van der Waals surface area (Å²) in [5.41, 5.74) is -1.60. The van der Waals surface area contributed by atoms with Crippen LogP contribution in [0.5, 0.6) is 0 Å². The first-order chi connectivity index (χ1) is 18.6. The molecule has 2 rings (SSSR count). The number of hydrogen-bond donors (Lipinski definition) is 1. The monoisotopic (exact) mass is 1080 g/mol. The van der Waals surface area contributed by atoms with Crippen molar-refractivity contribution in [2.75, 3.05) is 19.1 Å². The van der Waals surface area contributed by atoms with Gasteiger partial charge in [-0.1, -0.05) is 24.3 Å². The van der Waals surface area contributed by atoms with Crippen LogP contribution in [0.15, 0.2) is 58.3 Å². The van der Waals surface area contributed by atoms with Gasteiger partial charge in [-0.05, 0) is 64.5 Å². The van der Waals surface area contributed by atoms with Crippen molar-refractivity contribution in [1.82, 2.24) is 0 Å². The summed E-state index contributed by atoms with van der Waals surface area (Å²) in [6, 6.07) is 14.3. The van der Waals surface area contributed by atoms with Crippen LogP contribution >= 0.6 is 101 Å². The number of ketones is 2. The number of ether oxygens (including phenoxy) is 2. The Morgan fingerprint density at radius 1 is 0.800 bits per heavy atom. The van der Waals surface area contributed by atoms with Gasteiger partial charge in [-0.25, -0.2) is 4.79 Å². The maximum atomic E-state index is 12.3. The number of carbonyl (C=O) groups excluding carboxylic acids is 4. The summed E-state index contributed by atoms with van der Waals surface area (Å²) in [5.74, 6) is -1.90. The number of esters is 2. The Bertz CT molecular complexity index is 1060. The van der Waals surface area contributed by atoms with Crippen LogP contribution in [0.3, 0.4) is 0 Å². The molecule has 7 nitrogen and oxygen atoms in total. The van der Waals surface area contributed by atoms with Gasteiger partial charge in [-0.3, -0.25) is 14.4 Å². The van der Waals surface area contributed by atoms with Gasteiger partial charge in [0.25, 0.3) is 0 Å². The molecule has 0 unspecified atom stereocenters. The first-order valence-corrected chi connectivity index (χ1v) is 28.9. The van der Waals surface area contributed by atoms with E-state index in [9.17, 15) is 24.3 Å². The van der Waals surface area contributed by atoms with Crippen LogP contribution in [-0.2, 0) is 28.5 Å². The molecule has 0 spiro atoms. The molecule has 2 aromatic rings. The van der Waals surface area contributed by atoms with Crippen LogP contribution in [0, 0.1) is 0 Å². The van der Waals surface area contributed by atoms with Gasteiger partial charge >= 0.3 is 61.4 Å². The van der Waals surface area contributed by atoms with Gasteiger partial charge in [-0.15, -0.1) is 23.5 Å². The molecule has 0 saturated heterocycles. The van der Waals surface area contributed by atoms with Crippen molar-refractivity contribution in [3.8, 4) is 0 Å². The predicted molar refractivity (Wildman–Crippen MR) is 194 cm³/mol. The average molecular weight is 1080 g/mol. The third-order valence-electron chi connectivity index (χ3n) is 4.57. The summed E-state index contributed by atoms with van der Waals surface area (Å²) in [6.07, 6.45) is 3.92. The molecule has 0 atom stereocenters. The number of hydrogen-bond acceptors (Lipinski definition) is 9. The number of rotatable bonds is 9. The van der Waals surface area contributed by atoms with Crippen molar-refractivity contribution in [1.29, 1.82) is 0 Å². The first-order valence-electron chi connectivity index (χ1n) is 11.1. The molecule has 0 bridgehead atoms. The molecule has 14 heteroatoms. The molecular formula is C26H32I4O7S2V. The Kier molecular flexibility index (Phi) is 25.0. The van der Waals surface area contributed by atoms with E-state index < -0.39 is 29.7 Å². The third-order valence-corrected chi connectivity index (χ3v) is 6.06. The molecule has 0 aliphatic rings. The van der Waals surface area contributed by atoms with Crippen molar-refractivity contribution >= 4 is 124 Å². The van der Waals surface area contributed by atoms with Gasteiger partial charge < -0.3 is 14.6 Å². The maximum absolute atomic E-state index is 12.3. The van der Waals surface area contributed by atoms with Crippen molar-refractivity contribution in [2.24, 2.45) is 0 Å². The Morgan fingerprint density at radius 3 is 1.45 bits per heavy atom. The second kappa shape index (κ2) is 23.3. The summed E-state index contributed by atoms with van der Waals surface area (Å²) < 4.78 is 9.63. The first kappa shape index (κ1) is 43.0. The Hall–Kier alpha value is 0.884. The molecule has 0 aliphatic heterocycles. The zero-order valence-electron chi connectivity index (χ0n) is 23.0. The van der Waals surface area contributed by atoms with E-state index in [0.29, 0.717) is 20.6 Å². The zero-order chi connectivity index (χ0) is 31.5. The molecular weight excluding hydrogens is 1050 g/mol. The van der Waals surface area contributed by atoms with Gasteiger partial charge in [0.2, 0.25) is 5.78 Å². The molecule has 0 heterocycles. The predicted octanol–water partition coefficient (Wildman–Crippen LogP) is 8.38. The van der Waals surface area contributed by atoms with Gasteiger partial charge in [0.1, 0.15) is 5.60 Å². The summed E-state index contributed by atoms with van der Waals surface area (Å²) in [5, 5.41) is 9.51. The number of Topliss-reactive ketones (excluding diaryl/α,β-unsaturated/α-hetero) is 2. The van der Waals surface area contributed by atoms with E-state index in [0.717, 1.165) is 9.79 Å². The normalized spacial score (nSPS) is 10.2. The van der Waals surface area contributed by atoms with Crippen LogP contribution in [0.1, 0.15) is 55.3 Å². The molecule has 0 fully saturated rings. The number of carbonyl (C=O) groups is 4. The number of benzene rings is 2. The second-order valence-corrected chi connectivity index (χ2v) is 22.1. The van der Waals surface area contributed by atoms with Crippen LogP contribution in [0.2, 0.25) is 0 Å². The van der Waals surface area contributed by atoms with E-state index in [2.05, 4.69) is 81.9 Å². The standard InChI is InChI=1S/C15H18O5S.C11H14O2S.I2.2HI.V/c1-10(16)19-9-13(17)20-15(2,3)14(18)11-5-7-12(21-4)8-6-11;1-11(2,13)10(12)8-4-6-9(14-3)7-5-8;1-2;;;/h5-8H,9H2,1-4H3;4-7,13H,1-3H3;;2*1H;/q;;;;;+2/p-2. The number of halogens is 4. The Balaban J connectivity index is 0. The van der Waals surface area contributed by atoms with Crippen molar-refractivity contribution in [3.05, 3.63) is 59.7 Å². The Labute approximate surface area is 297 Å². The van der Waals surface area contributed by atoms with Crippen LogP contribution < -0.4 is 0 Å². The molecule has 1 N–H and O–H groups in total. The third kappa shape index (κ3) is 18.5. The summed E-state index contributed by atoms with van der Waals surface area (Å²) in [6.45, 7) is 6.69. The quantitative estimate of drug-likeness (QED) is 0.115. The summed E-state index contributed by atoms with van der Waals surface area (Å²) >= 11 is 12.2. The Morgan fingerprint density at radius 2 is 1.15 bits per heavy atom. The fraction of sp³-hybridized carbons (Fsp3) is 0.385. The van der Waals surface area contributed by atoms with Crippen molar-refractivity contribution in [3.63, 3.8) is 0 Å². The number of aliphatic hydroxyl groups is 1. The van der Waals surface area contributed by atoms with Gasteiger partial charge in [0, 0.05) is 65.1 Å². The van der Waals surface area contributed by atoms with Crippen molar-refractivity contribution < 1.29 is 43.2 Å². The SMILES string of the molecule is CSc1ccc(C(=O)C(C)(C)O)cc1.CSc1ccc(C(=O)C(C)(C)OC(=O)COC(C)=O)cc1.II.[I][V][I]. The summed E-state index contributed by atoms with van der Waals surface area (Å²) in [7, 11) is 0.628.